The number of benzene rings is 1. The van der Waals surface area contributed by atoms with Crippen LogP contribution in [0.5, 0.6) is 5.75 Å². The summed E-state index contributed by atoms with van der Waals surface area (Å²) in [6.07, 6.45) is -5.04. The van der Waals surface area contributed by atoms with Crippen molar-refractivity contribution in [3.63, 3.8) is 0 Å². The van der Waals surface area contributed by atoms with Crippen LogP contribution >= 0.6 is 22.3 Å². The van der Waals surface area contributed by atoms with Gasteiger partial charge >= 0.3 is 6.36 Å². The van der Waals surface area contributed by atoms with Crippen LogP contribution in [0.2, 0.25) is 0 Å². The molecule has 0 aliphatic heterocycles. The van der Waals surface area contributed by atoms with E-state index in [0.29, 0.717) is 12.1 Å². The maximum absolute atomic E-state index is 12.0. The smallest absolute Gasteiger partial charge is 0.405 e. The number of carbonyl (C=O) groups excluding carboxylic acids is 1. The quantitative estimate of drug-likeness (QED) is 0.803. The molecule has 0 aliphatic carbocycles. The molecule has 0 atom stereocenters. The second kappa shape index (κ2) is 4.94. The van der Waals surface area contributed by atoms with Crippen molar-refractivity contribution in [2.45, 2.75) is 11.3 Å². The maximum Gasteiger partial charge on any atom is 0.573 e. The summed E-state index contributed by atoms with van der Waals surface area (Å²) in [7, 11) is 0.781. The number of hydrogen-bond donors (Lipinski definition) is 0. The van der Waals surface area contributed by atoms with E-state index in [1.54, 1.807) is 0 Å². The molecule has 0 N–H and O–H groups in total. The molecule has 0 saturated heterocycles. The zero-order valence-electron chi connectivity index (χ0n) is 8.16. The van der Waals surface area contributed by atoms with Gasteiger partial charge in [0, 0.05) is 10.7 Å². The molecule has 0 aliphatic rings. The first kappa shape index (κ1) is 15.1. The first-order valence-electron chi connectivity index (χ1n) is 4.05. The fourth-order valence-corrected chi connectivity index (χ4v) is 1.95. The molecule has 10 heteroatoms. The van der Waals surface area contributed by atoms with Crippen molar-refractivity contribution < 1.29 is 31.1 Å². The molecule has 4 nitrogen and oxygen atoms in total. The highest BCUT2D eigenvalue weighted by molar-refractivity contribution is 8.13. The lowest BCUT2D eigenvalue weighted by molar-refractivity contribution is -0.274. The van der Waals surface area contributed by atoms with E-state index in [9.17, 15) is 26.4 Å². The average Bonchev–Trinajstić information content (AvgIpc) is 2.13. The second-order valence-corrected chi connectivity index (χ2v) is 5.83. The fourth-order valence-electron chi connectivity index (χ4n) is 1.03. The Hall–Kier alpha value is -0.990. The molecule has 1 aromatic rings. The Labute approximate surface area is 109 Å². The van der Waals surface area contributed by atoms with Gasteiger partial charge in [0.15, 0.2) is 0 Å². The molecule has 0 amide bonds. The monoisotopic (exact) mass is 322 g/mol. The summed E-state index contributed by atoms with van der Waals surface area (Å²) >= 11 is 5.04. The maximum atomic E-state index is 12.0. The lowest BCUT2D eigenvalue weighted by Crippen LogP contribution is -2.18. The van der Waals surface area contributed by atoms with Crippen molar-refractivity contribution >= 4 is 36.6 Å². The van der Waals surface area contributed by atoms with Crippen LogP contribution in [-0.2, 0) is 9.05 Å². The van der Waals surface area contributed by atoms with Crippen LogP contribution in [-0.4, -0.2) is 20.0 Å². The normalized spacial score (nSPS) is 12.3. The fraction of sp³-hybridized carbons (Fsp3) is 0.125. The molecule has 0 unspecified atom stereocenters. The SMILES string of the molecule is O=C(Cl)c1cc(S(=O)(=O)Cl)ccc1OC(F)(F)F. The van der Waals surface area contributed by atoms with E-state index >= 15 is 0 Å². The summed E-state index contributed by atoms with van der Waals surface area (Å²) in [5, 5.41) is -1.31. The van der Waals surface area contributed by atoms with Gasteiger partial charge in [-0.25, -0.2) is 8.42 Å². The Morgan fingerprint density at radius 1 is 1.28 bits per heavy atom. The number of hydrogen-bond acceptors (Lipinski definition) is 4. The van der Waals surface area contributed by atoms with E-state index < -0.39 is 36.9 Å². The molecular formula is C8H3Cl2F3O4S. The molecule has 0 heterocycles. The molecule has 0 aromatic heterocycles. The summed E-state index contributed by atoms with van der Waals surface area (Å²) in [6, 6.07) is 1.99. The van der Waals surface area contributed by atoms with Crippen LogP contribution in [0, 0.1) is 0 Å². The number of rotatable bonds is 3. The lowest BCUT2D eigenvalue weighted by Gasteiger charge is -2.11. The predicted octanol–water partition coefficient (Wildman–Crippen LogP) is 2.89. The van der Waals surface area contributed by atoms with Gasteiger partial charge in [0.25, 0.3) is 14.3 Å². The van der Waals surface area contributed by atoms with Gasteiger partial charge in [0.2, 0.25) is 0 Å². The van der Waals surface area contributed by atoms with Crippen molar-refractivity contribution in [1.82, 2.24) is 0 Å². The summed E-state index contributed by atoms with van der Waals surface area (Å²) in [6.45, 7) is 0. The topological polar surface area (TPSA) is 60.4 Å². The van der Waals surface area contributed by atoms with E-state index in [-0.39, 0.29) is 0 Å². The van der Waals surface area contributed by atoms with E-state index in [1.807, 2.05) is 0 Å². The molecule has 0 bridgehead atoms. The zero-order chi connectivity index (χ0) is 14.1. The van der Waals surface area contributed by atoms with Crippen molar-refractivity contribution in [2.24, 2.45) is 0 Å². The number of alkyl halides is 3. The van der Waals surface area contributed by atoms with Crippen LogP contribution in [0.1, 0.15) is 10.4 Å². The van der Waals surface area contributed by atoms with Crippen molar-refractivity contribution in [1.29, 1.82) is 0 Å². The summed E-state index contributed by atoms with van der Waals surface area (Å²) in [4.78, 5) is 10.3. The van der Waals surface area contributed by atoms with E-state index in [4.69, 9.17) is 22.3 Å². The number of halogens is 5. The van der Waals surface area contributed by atoms with Crippen LogP contribution in [0.15, 0.2) is 23.1 Å². The molecule has 18 heavy (non-hydrogen) atoms. The van der Waals surface area contributed by atoms with Gasteiger partial charge in [-0.05, 0) is 29.8 Å². The highest BCUT2D eigenvalue weighted by Crippen LogP contribution is 2.30. The van der Waals surface area contributed by atoms with E-state index in [1.165, 1.54) is 0 Å². The van der Waals surface area contributed by atoms with Gasteiger partial charge in [0.1, 0.15) is 5.75 Å². The molecule has 100 valence electrons. The molecule has 0 fully saturated rings. The van der Waals surface area contributed by atoms with Crippen molar-refractivity contribution in [3.05, 3.63) is 23.8 Å². The summed E-state index contributed by atoms with van der Waals surface area (Å²) in [5.41, 5.74) is -0.754. The minimum absolute atomic E-state index is 0.567. The van der Waals surface area contributed by atoms with Gasteiger partial charge in [-0.1, -0.05) is 0 Å². The third-order valence-electron chi connectivity index (χ3n) is 1.67. The molecule has 0 saturated carbocycles. The van der Waals surface area contributed by atoms with Crippen molar-refractivity contribution in [2.75, 3.05) is 0 Å². The second-order valence-electron chi connectivity index (χ2n) is 2.92. The minimum atomic E-state index is -5.04. The standard InChI is InChI=1S/C8H3Cl2F3O4S/c9-7(14)5-3-4(18(10,15)16)1-2-6(5)17-8(11,12)13/h1-3H. The van der Waals surface area contributed by atoms with Crippen LogP contribution in [0.25, 0.3) is 0 Å². The number of ether oxygens (including phenoxy) is 1. The average molecular weight is 323 g/mol. The Morgan fingerprint density at radius 3 is 2.22 bits per heavy atom. The van der Waals surface area contributed by atoms with Gasteiger partial charge in [-0.3, -0.25) is 4.79 Å². The summed E-state index contributed by atoms with van der Waals surface area (Å²) in [5.74, 6) is -0.911. The summed E-state index contributed by atoms with van der Waals surface area (Å²) < 4.78 is 61.4. The Morgan fingerprint density at radius 2 is 1.83 bits per heavy atom. The zero-order valence-corrected chi connectivity index (χ0v) is 10.5. The first-order chi connectivity index (χ1) is 8.00. The highest BCUT2D eigenvalue weighted by Gasteiger charge is 2.33. The molecule has 0 radical (unpaired) electrons. The van der Waals surface area contributed by atoms with Crippen molar-refractivity contribution in [3.8, 4) is 5.75 Å². The first-order valence-corrected chi connectivity index (χ1v) is 6.74. The molecule has 0 spiro atoms. The Kier molecular flexibility index (Phi) is 4.14. The van der Waals surface area contributed by atoms with Crippen LogP contribution < -0.4 is 4.74 Å². The Balaban J connectivity index is 3.35. The van der Waals surface area contributed by atoms with Gasteiger partial charge in [-0.15, -0.1) is 13.2 Å². The van der Waals surface area contributed by atoms with E-state index in [2.05, 4.69) is 4.74 Å². The predicted molar refractivity (Wildman–Crippen MR) is 56.3 cm³/mol. The third-order valence-corrected chi connectivity index (χ3v) is 3.23. The van der Waals surface area contributed by atoms with Gasteiger partial charge < -0.3 is 4.74 Å². The van der Waals surface area contributed by atoms with E-state index in [0.717, 1.165) is 6.07 Å². The van der Waals surface area contributed by atoms with Crippen LogP contribution in [0.4, 0.5) is 13.2 Å². The Bertz CT molecular complexity index is 582. The van der Waals surface area contributed by atoms with Crippen LogP contribution in [0.3, 0.4) is 0 Å². The largest absolute Gasteiger partial charge is 0.573 e. The highest BCUT2D eigenvalue weighted by atomic mass is 35.7. The van der Waals surface area contributed by atoms with Gasteiger partial charge in [-0.2, -0.15) is 0 Å². The minimum Gasteiger partial charge on any atom is -0.405 e. The molecule has 1 rings (SSSR count). The number of carbonyl (C=O) groups is 1. The third kappa shape index (κ3) is 4.04. The lowest BCUT2D eigenvalue weighted by atomic mass is 10.2. The molecule has 1 aromatic carbocycles. The molecular weight excluding hydrogens is 320 g/mol. The van der Waals surface area contributed by atoms with Gasteiger partial charge in [0.05, 0.1) is 10.5 Å².